The van der Waals surface area contributed by atoms with Crippen LogP contribution in [0, 0.1) is 0 Å². The first-order chi connectivity index (χ1) is 8.63. The summed E-state index contributed by atoms with van der Waals surface area (Å²) in [6.07, 6.45) is 1.18. The summed E-state index contributed by atoms with van der Waals surface area (Å²) in [5.74, 6) is 1.13. The third kappa shape index (κ3) is 6.23. The van der Waals surface area contributed by atoms with Gasteiger partial charge < -0.3 is 10.2 Å². The number of thioether (sulfide) groups is 1. The molecule has 0 amide bonds. The van der Waals surface area contributed by atoms with Crippen molar-refractivity contribution in [3.8, 4) is 0 Å². The van der Waals surface area contributed by atoms with Gasteiger partial charge in [0.1, 0.15) is 0 Å². The Labute approximate surface area is 124 Å². The van der Waals surface area contributed by atoms with Gasteiger partial charge in [0, 0.05) is 28.2 Å². The van der Waals surface area contributed by atoms with E-state index in [2.05, 4.69) is 65.4 Å². The first-order valence-electron chi connectivity index (χ1n) is 6.40. The van der Waals surface area contributed by atoms with E-state index in [0.29, 0.717) is 0 Å². The molecule has 0 saturated carbocycles. The lowest BCUT2D eigenvalue weighted by molar-refractivity contribution is 0.437. The molecule has 1 rings (SSSR count). The summed E-state index contributed by atoms with van der Waals surface area (Å²) in [5.41, 5.74) is 1.40. The molecule has 0 atom stereocenters. The van der Waals surface area contributed by atoms with E-state index in [1.165, 1.54) is 16.9 Å². The Hall–Kier alpha value is -0.0300. The molecule has 1 N–H and O–H groups in total. The monoisotopic (exact) mass is 330 g/mol. The van der Waals surface area contributed by atoms with E-state index >= 15 is 0 Å². The molecule has 4 heteroatoms. The van der Waals surface area contributed by atoms with Crippen LogP contribution in [0.2, 0.25) is 0 Å². The molecule has 102 valence electrons. The van der Waals surface area contributed by atoms with E-state index in [1.54, 1.807) is 0 Å². The van der Waals surface area contributed by atoms with Crippen molar-refractivity contribution in [3.63, 3.8) is 0 Å². The fourth-order valence-electron chi connectivity index (χ4n) is 1.55. The predicted molar refractivity (Wildman–Crippen MR) is 85.4 cm³/mol. The molecule has 0 heterocycles. The largest absolute Gasteiger partial charge is 0.313 e. The van der Waals surface area contributed by atoms with Gasteiger partial charge in [-0.3, -0.25) is 0 Å². The molecular formula is C14H23BrN2S. The normalized spacial score (nSPS) is 11.2. The van der Waals surface area contributed by atoms with Crippen LogP contribution in [0.3, 0.4) is 0 Å². The molecular weight excluding hydrogens is 308 g/mol. The molecule has 1 aromatic rings. The zero-order chi connectivity index (χ0) is 13.4. The highest BCUT2D eigenvalue weighted by atomic mass is 79.9. The van der Waals surface area contributed by atoms with Crippen molar-refractivity contribution in [2.75, 3.05) is 32.9 Å². The summed E-state index contributed by atoms with van der Waals surface area (Å²) >= 11 is 5.49. The molecule has 0 aromatic heterocycles. The van der Waals surface area contributed by atoms with E-state index in [1.807, 2.05) is 11.8 Å². The van der Waals surface area contributed by atoms with Crippen molar-refractivity contribution >= 4 is 27.7 Å². The molecule has 0 spiro atoms. The number of benzene rings is 1. The van der Waals surface area contributed by atoms with E-state index < -0.39 is 0 Å². The third-order valence-electron chi connectivity index (χ3n) is 2.57. The van der Waals surface area contributed by atoms with Crippen molar-refractivity contribution in [1.29, 1.82) is 0 Å². The van der Waals surface area contributed by atoms with Crippen LogP contribution in [0.15, 0.2) is 27.6 Å². The Kier molecular flexibility index (Phi) is 7.98. The summed E-state index contributed by atoms with van der Waals surface area (Å²) in [5, 5.41) is 3.47. The second-order valence-electron chi connectivity index (χ2n) is 4.58. The summed E-state index contributed by atoms with van der Waals surface area (Å²) in [6, 6.07) is 6.56. The summed E-state index contributed by atoms with van der Waals surface area (Å²) < 4.78 is 1.16. The van der Waals surface area contributed by atoms with E-state index in [0.717, 1.165) is 29.9 Å². The van der Waals surface area contributed by atoms with Crippen LogP contribution >= 0.6 is 27.7 Å². The lowest BCUT2D eigenvalue weighted by atomic mass is 10.2. The molecule has 0 aliphatic carbocycles. The zero-order valence-electron chi connectivity index (χ0n) is 11.5. The summed E-state index contributed by atoms with van der Waals surface area (Å²) in [7, 11) is 4.23. The predicted octanol–water partition coefficient (Wildman–Crippen LogP) is 3.60. The molecule has 0 aliphatic heterocycles. The van der Waals surface area contributed by atoms with Gasteiger partial charge in [-0.15, -0.1) is 11.8 Å². The Morgan fingerprint density at radius 1 is 1.33 bits per heavy atom. The molecule has 18 heavy (non-hydrogen) atoms. The molecule has 0 unspecified atom stereocenters. The lowest BCUT2D eigenvalue weighted by Gasteiger charge is -2.13. The van der Waals surface area contributed by atoms with Gasteiger partial charge in [-0.25, -0.2) is 0 Å². The average Bonchev–Trinajstić information content (AvgIpc) is 2.31. The molecule has 2 nitrogen and oxygen atoms in total. The van der Waals surface area contributed by atoms with Crippen LogP contribution in [-0.4, -0.2) is 37.8 Å². The van der Waals surface area contributed by atoms with Gasteiger partial charge in [-0.2, -0.15) is 0 Å². The van der Waals surface area contributed by atoms with E-state index in [-0.39, 0.29) is 0 Å². The van der Waals surface area contributed by atoms with Gasteiger partial charge in [0.05, 0.1) is 0 Å². The summed E-state index contributed by atoms with van der Waals surface area (Å²) in [4.78, 5) is 3.61. The Morgan fingerprint density at radius 2 is 2.11 bits per heavy atom. The summed E-state index contributed by atoms with van der Waals surface area (Å²) in [6.45, 7) is 5.35. The van der Waals surface area contributed by atoms with Crippen molar-refractivity contribution in [1.82, 2.24) is 10.2 Å². The van der Waals surface area contributed by atoms with Crippen molar-refractivity contribution in [2.24, 2.45) is 0 Å². The van der Waals surface area contributed by atoms with Crippen molar-refractivity contribution in [2.45, 2.75) is 24.8 Å². The maximum atomic E-state index is 3.55. The van der Waals surface area contributed by atoms with Crippen LogP contribution in [-0.2, 0) is 6.54 Å². The van der Waals surface area contributed by atoms with Crippen LogP contribution < -0.4 is 5.32 Å². The van der Waals surface area contributed by atoms with E-state index in [9.17, 15) is 0 Å². The minimum absolute atomic E-state index is 0.964. The highest BCUT2D eigenvalue weighted by molar-refractivity contribution is 9.10. The lowest BCUT2D eigenvalue weighted by Crippen LogP contribution is -2.16. The SMILES string of the molecule is CCCNCc1ccc(Br)cc1SCCN(C)C. The second-order valence-corrected chi connectivity index (χ2v) is 6.63. The number of hydrogen-bond acceptors (Lipinski definition) is 3. The fraction of sp³-hybridized carbons (Fsp3) is 0.571. The van der Waals surface area contributed by atoms with Crippen LogP contribution in [0.4, 0.5) is 0 Å². The van der Waals surface area contributed by atoms with Crippen LogP contribution in [0.25, 0.3) is 0 Å². The van der Waals surface area contributed by atoms with Crippen molar-refractivity contribution < 1.29 is 0 Å². The first kappa shape index (κ1) is 16.0. The Bertz CT molecular complexity index is 356. The minimum atomic E-state index is 0.964. The Morgan fingerprint density at radius 3 is 2.78 bits per heavy atom. The molecule has 0 aliphatic rings. The quantitative estimate of drug-likeness (QED) is 0.579. The molecule has 0 saturated heterocycles. The second kappa shape index (κ2) is 8.97. The fourth-order valence-corrected chi connectivity index (χ4v) is 3.27. The van der Waals surface area contributed by atoms with Gasteiger partial charge in [0.2, 0.25) is 0 Å². The van der Waals surface area contributed by atoms with Crippen LogP contribution in [0.1, 0.15) is 18.9 Å². The average molecular weight is 331 g/mol. The first-order valence-corrected chi connectivity index (χ1v) is 8.18. The van der Waals surface area contributed by atoms with Gasteiger partial charge >= 0.3 is 0 Å². The highest BCUT2D eigenvalue weighted by Gasteiger charge is 2.04. The molecule has 0 bridgehead atoms. The highest BCUT2D eigenvalue weighted by Crippen LogP contribution is 2.26. The zero-order valence-corrected chi connectivity index (χ0v) is 13.9. The maximum absolute atomic E-state index is 3.55. The number of rotatable bonds is 8. The standard InChI is InChI=1S/C14H23BrN2S/c1-4-7-16-11-12-5-6-13(15)10-14(12)18-9-8-17(2)3/h5-6,10,16H,4,7-9,11H2,1-3H3. The number of nitrogens with one attached hydrogen (secondary N) is 1. The maximum Gasteiger partial charge on any atom is 0.0216 e. The van der Waals surface area contributed by atoms with Crippen LogP contribution in [0.5, 0.6) is 0 Å². The Balaban J connectivity index is 2.58. The molecule has 1 aromatic carbocycles. The number of nitrogens with zero attached hydrogens (tertiary/aromatic N) is 1. The van der Waals surface area contributed by atoms with Gasteiger partial charge in [-0.05, 0) is 44.8 Å². The smallest absolute Gasteiger partial charge is 0.0216 e. The molecule has 0 fully saturated rings. The van der Waals surface area contributed by atoms with Crippen molar-refractivity contribution in [3.05, 3.63) is 28.2 Å². The number of hydrogen-bond donors (Lipinski definition) is 1. The minimum Gasteiger partial charge on any atom is -0.313 e. The van der Waals surface area contributed by atoms with Gasteiger partial charge in [0.15, 0.2) is 0 Å². The van der Waals surface area contributed by atoms with E-state index in [4.69, 9.17) is 0 Å². The van der Waals surface area contributed by atoms with Gasteiger partial charge in [0.25, 0.3) is 0 Å². The topological polar surface area (TPSA) is 15.3 Å². The third-order valence-corrected chi connectivity index (χ3v) is 4.14. The number of halogens is 1. The molecule has 0 radical (unpaired) electrons. The van der Waals surface area contributed by atoms with Gasteiger partial charge in [-0.1, -0.05) is 28.9 Å².